The van der Waals surface area contributed by atoms with Crippen molar-refractivity contribution in [1.29, 1.82) is 0 Å². The van der Waals surface area contributed by atoms with E-state index in [1.807, 2.05) is 0 Å². The number of rotatable bonds is 3. The zero-order valence-corrected chi connectivity index (χ0v) is 9.91. The molecule has 19 heavy (non-hydrogen) atoms. The van der Waals surface area contributed by atoms with Gasteiger partial charge in [-0.15, -0.1) is 13.2 Å². The third kappa shape index (κ3) is 4.27. The summed E-state index contributed by atoms with van der Waals surface area (Å²) in [5.74, 6) is -0.00830. The molecule has 1 aliphatic rings. The number of halogens is 4. The zero-order chi connectivity index (χ0) is 13.9. The quantitative estimate of drug-likeness (QED) is 0.863. The Morgan fingerprint density at radius 3 is 2.32 bits per heavy atom. The van der Waals surface area contributed by atoms with Crippen molar-refractivity contribution in [3.8, 4) is 11.5 Å². The van der Waals surface area contributed by atoms with Crippen LogP contribution in [0.3, 0.4) is 0 Å². The summed E-state index contributed by atoms with van der Waals surface area (Å²) in [6.07, 6.45) is -5.90. The molecule has 0 spiro atoms. The molecular formula is C12H13F4NO2. The lowest BCUT2D eigenvalue weighted by Gasteiger charge is -2.27. The molecule has 7 heteroatoms. The fourth-order valence-corrected chi connectivity index (χ4v) is 1.82. The van der Waals surface area contributed by atoms with E-state index >= 15 is 0 Å². The van der Waals surface area contributed by atoms with Gasteiger partial charge in [0.2, 0.25) is 0 Å². The highest BCUT2D eigenvalue weighted by molar-refractivity contribution is 5.31. The molecule has 1 aromatic rings. The SMILES string of the molecule is FC1CNCCC1Oc1ccc(OC(F)(F)F)cc1. The highest BCUT2D eigenvalue weighted by Crippen LogP contribution is 2.26. The molecule has 0 radical (unpaired) electrons. The second-order valence-electron chi connectivity index (χ2n) is 4.18. The highest BCUT2D eigenvalue weighted by atomic mass is 19.4. The van der Waals surface area contributed by atoms with Gasteiger partial charge in [0, 0.05) is 6.54 Å². The fraction of sp³-hybridized carbons (Fsp3) is 0.500. The van der Waals surface area contributed by atoms with E-state index in [1.165, 1.54) is 12.1 Å². The molecule has 1 fully saturated rings. The minimum absolute atomic E-state index is 0.222. The normalized spacial score (nSPS) is 24.0. The number of nitrogens with one attached hydrogen (secondary N) is 1. The van der Waals surface area contributed by atoms with Crippen molar-refractivity contribution in [3.63, 3.8) is 0 Å². The van der Waals surface area contributed by atoms with Crippen LogP contribution >= 0.6 is 0 Å². The lowest BCUT2D eigenvalue weighted by atomic mass is 10.1. The predicted octanol–water partition coefficient (Wildman–Crippen LogP) is 2.66. The number of ether oxygens (including phenoxy) is 2. The van der Waals surface area contributed by atoms with Gasteiger partial charge in [0.15, 0.2) is 0 Å². The molecule has 1 N–H and O–H groups in total. The average molecular weight is 279 g/mol. The van der Waals surface area contributed by atoms with Crippen molar-refractivity contribution in [1.82, 2.24) is 5.32 Å². The van der Waals surface area contributed by atoms with Gasteiger partial charge in [-0.3, -0.25) is 0 Å². The maximum atomic E-state index is 13.5. The van der Waals surface area contributed by atoms with E-state index in [0.717, 1.165) is 12.1 Å². The minimum atomic E-state index is -4.72. The number of hydrogen-bond donors (Lipinski definition) is 1. The molecule has 0 aromatic heterocycles. The molecule has 0 bridgehead atoms. The van der Waals surface area contributed by atoms with Gasteiger partial charge >= 0.3 is 6.36 Å². The van der Waals surface area contributed by atoms with E-state index in [4.69, 9.17) is 4.74 Å². The molecule has 2 atom stereocenters. The van der Waals surface area contributed by atoms with Crippen LogP contribution in [0.2, 0.25) is 0 Å². The van der Waals surface area contributed by atoms with Gasteiger partial charge in [-0.05, 0) is 37.2 Å². The molecule has 1 heterocycles. The number of benzene rings is 1. The molecule has 106 valence electrons. The van der Waals surface area contributed by atoms with E-state index in [0.29, 0.717) is 18.7 Å². The van der Waals surface area contributed by atoms with Crippen LogP contribution in [-0.4, -0.2) is 31.7 Å². The molecule has 0 amide bonds. The molecule has 1 saturated heterocycles. The smallest absolute Gasteiger partial charge is 0.487 e. The Kier molecular flexibility index (Phi) is 4.14. The molecule has 2 rings (SSSR count). The summed E-state index contributed by atoms with van der Waals surface area (Å²) in [6.45, 7) is 0.875. The monoisotopic (exact) mass is 279 g/mol. The summed E-state index contributed by atoms with van der Waals surface area (Å²) >= 11 is 0. The van der Waals surface area contributed by atoms with Crippen molar-refractivity contribution in [3.05, 3.63) is 24.3 Å². The summed E-state index contributed by atoms with van der Waals surface area (Å²) in [5.41, 5.74) is 0. The lowest BCUT2D eigenvalue weighted by molar-refractivity contribution is -0.274. The number of hydrogen-bond acceptors (Lipinski definition) is 3. The van der Waals surface area contributed by atoms with Gasteiger partial charge in [0.05, 0.1) is 0 Å². The largest absolute Gasteiger partial charge is 0.573 e. The van der Waals surface area contributed by atoms with Crippen molar-refractivity contribution in [2.24, 2.45) is 0 Å². The van der Waals surface area contributed by atoms with E-state index in [9.17, 15) is 17.6 Å². The Balaban J connectivity index is 1.94. The Labute approximate surface area is 107 Å². The van der Waals surface area contributed by atoms with Crippen LogP contribution in [0, 0.1) is 0 Å². The molecule has 2 unspecified atom stereocenters. The van der Waals surface area contributed by atoms with Crippen LogP contribution in [0.1, 0.15) is 6.42 Å². The van der Waals surface area contributed by atoms with Crippen LogP contribution in [0.5, 0.6) is 11.5 Å². The molecule has 0 saturated carbocycles. The van der Waals surface area contributed by atoms with Gasteiger partial charge in [-0.1, -0.05) is 0 Å². The Hall–Kier alpha value is -1.50. The van der Waals surface area contributed by atoms with Crippen molar-refractivity contribution < 1.29 is 27.0 Å². The van der Waals surface area contributed by atoms with Gasteiger partial charge in [-0.2, -0.15) is 0 Å². The van der Waals surface area contributed by atoms with E-state index < -0.39 is 18.6 Å². The maximum Gasteiger partial charge on any atom is 0.573 e. The van der Waals surface area contributed by atoms with Crippen LogP contribution in [0.15, 0.2) is 24.3 Å². The third-order valence-corrected chi connectivity index (χ3v) is 2.69. The topological polar surface area (TPSA) is 30.5 Å². The predicted molar refractivity (Wildman–Crippen MR) is 59.9 cm³/mol. The van der Waals surface area contributed by atoms with Crippen LogP contribution < -0.4 is 14.8 Å². The van der Waals surface area contributed by atoms with Gasteiger partial charge in [0.1, 0.15) is 23.8 Å². The van der Waals surface area contributed by atoms with Gasteiger partial charge in [0.25, 0.3) is 0 Å². The van der Waals surface area contributed by atoms with E-state index in [2.05, 4.69) is 10.1 Å². The van der Waals surface area contributed by atoms with E-state index in [1.54, 1.807) is 0 Å². The molecule has 3 nitrogen and oxygen atoms in total. The third-order valence-electron chi connectivity index (χ3n) is 2.69. The minimum Gasteiger partial charge on any atom is -0.487 e. The van der Waals surface area contributed by atoms with Crippen LogP contribution in [0.25, 0.3) is 0 Å². The Bertz CT molecular complexity index is 407. The second kappa shape index (κ2) is 5.64. The van der Waals surface area contributed by atoms with Crippen molar-refractivity contribution in [2.45, 2.75) is 25.1 Å². The van der Waals surface area contributed by atoms with Crippen molar-refractivity contribution >= 4 is 0 Å². The Morgan fingerprint density at radius 2 is 1.74 bits per heavy atom. The maximum absolute atomic E-state index is 13.5. The summed E-state index contributed by atoms with van der Waals surface area (Å²) in [4.78, 5) is 0. The molecule has 0 aliphatic carbocycles. The summed E-state index contributed by atoms with van der Waals surface area (Å²) in [5, 5.41) is 2.89. The first kappa shape index (κ1) is 13.9. The first-order chi connectivity index (χ1) is 8.94. The standard InChI is InChI=1S/C12H13F4NO2/c13-10-7-17-6-5-11(10)18-8-1-3-9(4-2-8)19-12(14,15)16/h1-4,10-11,17H,5-7H2. The first-order valence-corrected chi connectivity index (χ1v) is 5.81. The van der Waals surface area contributed by atoms with Gasteiger partial charge < -0.3 is 14.8 Å². The highest BCUT2D eigenvalue weighted by Gasteiger charge is 2.31. The summed E-state index contributed by atoms with van der Waals surface area (Å²) in [7, 11) is 0. The second-order valence-corrected chi connectivity index (χ2v) is 4.18. The average Bonchev–Trinajstić information content (AvgIpc) is 2.33. The Morgan fingerprint density at radius 1 is 1.11 bits per heavy atom. The van der Waals surface area contributed by atoms with Crippen LogP contribution in [-0.2, 0) is 0 Å². The summed E-state index contributed by atoms with van der Waals surface area (Å²) < 4.78 is 58.5. The lowest BCUT2D eigenvalue weighted by Crippen LogP contribution is -2.44. The molecular weight excluding hydrogens is 266 g/mol. The number of alkyl halides is 4. The van der Waals surface area contributed by atoms with Gasteiger partial charge in [-0.25, -0.2) is 4.39 Å². The fourth-order valence-electron chi connectivity index (χ4n) is 1.82. The first-order valence-electron chi connectivity index (χ1n) is 5.81. The van der Waals surface area contributed by atoms with E-state index in [-0.39, 0.29) is 12.3 Å². The summed E-state index contributed by atoms with van der Waals surface area (Å²) in [6, 6.07) is 4.93. The van der Waals surface area contributed by atoms with Crippen molar-refractivity contribution in [2.75, 3.05) is 13.1 Å². The molecule has 1 aromatic carbocycles. The zero-order valence-electron chi connectivity index (χ0n) is 9.91. The van der Waals surface area contributed by atoms with Crippen LogP contribution in [0.4, 0.5) is 17.6 Å². The molecule has 1 aliphatic heterocycles. The number of piperidine rings is 1.